The molecule has 2 rings (SSSR count). The van der Waals surface area contributed by atoms with Gasteiger partial charge in [0.05, 0.1) is 6.61 Å². The zero-order chi connectivity index (χ0) is 15.4. The summed E-state index contributed by atoms with van der Waals surface area (Å²) >= 11 is 0. The summed E-state index contributed by atoms with van der Waals surface area (Å²) in [5, 5.41) is 7.85. The van der Waals surface area contributed by atoms with Crippen LogP contribution in [0.2, 0.25) is 0 Å². The van der Waals surface area contributed by atoms with E-state index in [1.54, 1.807) is 29.7 Å². The minimum absolute atomic E-state index is 0.0544. The minimum Gasteiger partial charge on any atom is -0.465 e. The number of benzene rings is 1. The monoisotopic (exact) mass is 291 g/mol. The predicted molar refractivity (Wildman–Crippen MR) is 75.3 cm³/mol. The average Bonchev–Trinajstić information content (AvgIpc) is 2.91. The maximum absolute atomic E-state index is 14.1. The third-order valence-electron chi connectivity index (χ3n) is 3.15. The van der Waals surface area contributed by atoms with Crippen LogP contribution in [0.1, 0.15) is 44.1 Å². The molecule has 5 nitrogen and oxygen atoms in total. The molecule has 6 heteroatoms. The van der Waals surface area contributed by atoms with Crippen LogP contribution in [-0.2, 0) is 9.53 Å². The van der Waals surface area contributed by atoms with Crippen molar-refractivity contribution in [1.29, 1.82) is 0 Å². The Hall–Kier alpha value is -2.24. The lowest BCUT2D eigenvalue weighted by Crippen LogP contribution is -2.23. The third kappa shape index (κ3) is 3.09. The molecule has 0 aliphatic carbocycles. The van der Waals surface area contributed by atoms with Gasteiger partial charge in [-0.15, -0.1) is 10.2 Å². The third-order valence-corrected chi connectivity index (χ3v) is 3.15. The van der Waals surface area contributed by atoms with E-state index in [9.17, 15) is 9.18 Å². The van der Waals surface area contributed by atoms with E-state index in [1.165, 1.54) is 12.4 Å². The molecule has 0 saturated carbocycles. The molecule has 1 heterocycles. The van der Waals surface area contributed by atoms with Gasteiger partial charge in [-0.25, -0.2) is 4.39 Å². The van der Waals surface area contributed by atoms with E-state index in [0.29, 0.717) is 5.82 Å². The molecular formula is C15H18FN3O2. The van der Waals surface area contributed by atoms with Gasteiger partial charge in [-0.3, -0.25) is 4.79 Å². The Balaban J connectivity index is 2.54. The first-order chi connectivity index (χ1) is 10.1. The van der Waals surface area contributed by atoms with Gasteiger partial charge in [0.15, 0.2) is 5.82 Å². The van der Waals surface area contributed by atoms with E-state index in [0.717, 1.165) is 0 Å². The van der Waals surface area contributed by atoms with Crippen molar-refractivity contribution in [3.63, 3.8) is 0 Å². The van der Waals surface area contributed by atoms with Crippen molar-refractivity contribution < 1.29 is 13.9 Å². The van der Waals surface area contributed by atoms with Crippen molar-refractivity contribution in [1.82, 2.24) is 14.8 Å². The molecule has 0 spiro atoms. The summed E-state index contributed by atoms with van der Waals surface area (Å²) in [7, 11) is 0. The first-order valence-electron chi connectivity index (χ1n) is 6.86. The summed E-state index contributed by atoms with van der Waals surface area (Å²) in [5.74, 6) is -1.53. The summed E-state index contributed by atoms with van der Waals surface area (Å²) in [5.41, 5.74) is 0.242. The van der Waals surface area contributed by atoms with E-state index in [2.05, 4.69) is 10.2 Å². The molecule has 0 N–H and O–H groups in total. The topological polar surface area (TPSA) is 57.0 Å². The van der Waals surface area contributed by atoms with E-state index in [1.807, 2.05) is 13.8 Å². The highest BCUT2D eigenvalue weighted by Crippen LogP contribution is 2.28. The van der Waals surface area contributed by atoms with Gasteiger partial charge in [0.25, 0.3) is 0 Å². The highest BCUT2D eigenvalue weighted by Gasteiger charge is 2.31. The highest BCUT2D eigenvalue weighted by atomic mass is 19.1. The molecule has 21 heavy (non-hydrogen) atoms. The first kappa shape index (κ1) is 15.2. The summed E-state index contributed by atoms with van der Waals surface area (Å²) in [6, 6.07) is 6.20. The Morgan fingerprint density at radius 1 is 1.38 bits per heavy atom. The van der Waals surface area contributed by atoms with Crippen LogP contribution in [0.15, 0.2) is 30.6 Å². The Morgan fingerprint density at radius 2 is 2.10 bits per heavy atom. The number of carbonyl (C=O) groups is 1. The molecule has 0 saturated heterocycles. The number of rotatable bonds is 5. The average molecular weight is 291 g/mol. The first-order valence-corrected chi connectivity index (χ1v) is 6.86. The Morgan fingerprint density at radius 3 is 2.71 bits per heavy atom. The summed E-state index contributed by atoms with van der Waals surface area (Å²) < 4.78 is 20.9. The molecule has 1 atom stereocenters. The van der Waals surface area contributed by atoms with E-state index >= 15 is 0 Å². The maximum atomic E-state index is 14.1. The molecule has 0 fully saturated rings. The minimum atomic E-state index is -0.920. The molecule has 0 bridgehead atoms. The van der Waals surface area contributed by atoms with Crippen LogP contribution in [0.25, 0.3) is 0 Å². The maximum Gasteiger partial charge on any atom is 0.321 e. The molecule has 1 aromatic heterocycles. The van der Waals surface area contributed by atoms with Crippen LogP contribution in [0.4, 0.5) is 4.39 Å². The molecule has 0 aliphatic heterocycles. The lowest BCUT2D eigenvalue weighted by Gasteiger charge is -2.18. The van der Waals surface area contributed by atoms with Crippen LogP contribution in [0.5, 0.6) is 0 Å². The fourth-order valence-electron chi connectivity index (χ4n) is 2.16. The number of hydrogen-bond donors (Lipinski definition) is 0. The van der Waals surface area contributed by atoms with Crippen molar-refractivity contribution in [2.24, 2.45) is 0 Å². The van der Waals surface area contributed by atoms with Crippen molar-refractivity contribution >= 4 is 5.97 Å². The SMILES string of the molecule is CCOC(=O)C(c1ccccc1F)c1nncn1C(C)C. The van der Waals surface area contributed by atoms with E-state index in [4.69, 9.17) is 4.74 Å². The number of carbonyl (C=O) groups excluding carboxylic acids is 1. The molecular weight excluding hydrogens is 273 g/mol. The van der Waals surface area contributed by atoms with Crippen LogP contribution < -0.4 is 0 Å². The quantitative estimate of drug-likeness (QED) is 0.795. The number of hydrogen-bond acceptors (Lipinski definition) is 4. The lowest BCUT2D eigenvalue weighted by molar-refractivity contribution is -0.144. The fourth-order valence-corrected chi connectivity index (χ4v) is 2.16. The van der Waals surface area contributed by atoms with Crippen molar-refractivity contribution in [3.8, 4) is 0 Å². The Labute approximate surface area is 122 Å². The molecule has 0 radical (unpaired) electrons. The predicted octanol–water partition coefficient (Wildman–Crippen LogP) is 2.69. The smallest absolute Gasteiger partial charge is 0.321 e. The van der Waals surface area contributed by atoms with Gasteiger partial charge in [-0.2, -0.15) is 0 Å². The van der Waals surface area contributed by atoms with Crippen LogP contribution in [0.3, 0.4) is 0 Å². The zero-order valence-electron chi connectivity index (χ0n) is 12.3. The van der Waals surface area contributed by atoms with E-state index < -0.39 is 17.7 Å². The zero-order valence-corrected chi connectivity index (χ0v) is 12.3. The van der Waals surface area contributed by atoms with Crippen molar-refractivity contribution in [2.45, 2.75) is 32.7 Å². The fraction of sp³-hybridized carbons (Fsp3) is 0.400. The molecule has 2 aromatic rings. The van der Waals surface area contributed by atoms with Crippen LogP contribution in [0, 0.1) is 5.82 Å². The number of ether oxygens (including phenoxy) is 1. The summed E-state index contributed by atoms with van der Waals surface area (Å²) in [6.45, 7) is 5.82. The van der Waals surface area contributed by atoms with Crippen molar-refractivity contribution in [2.75, 3.05) is 6.61 Å². The molecule has 1 unspecified atom stereocenters. The van der Waals surface area contributed by atoms with Crippen LogP contribution >= 0.6 is 0 Å². The number of nitrogens with zero attached hydrogens (tertiary/aromatic N) is 3. The van der Waals surface area contributed by atoms with E-state index in [-0.39, 0.29) is 18.2 Å². The Bertz CT molecular complexity index is 625. The second-order valence-corrected chi connectivity index (χ2v) is 4.90. The van der Waals surface area contributed by atoms with Gasteiger partial charge in [-0.1, -0.05) is 18.2 Å². The standard InChI is InChI=1S/C15H18FN3O2/c1-4-21-15(20)13(11-7-5-6-8-12(11)16)14-18-17-9-19(14)10(2)3/h5-10,13H,4H2,1-3H3. The number of halogens is 1. The van der Waals surface area contributed by atoms with Crippen LogP contribution in [-0.4, -0.2) is 27.3 Å². The largest absolute Gasteiger partial charge is 0.465 e. The highest BCUT2D eigenvalue weighted by molar-refractivity contribution is 5.81. The van der Waals surface area contributed by atoms with Gasteiger partial charge in [0.2, 0.25) is 0 Å². The van der Waals surface area contributed by atoms with Gasteiger partial charge in [0, 0.05) is 11.6 Å². The number of aromatic nitrogens is 3. The second-order valence-electron chi connectivity index (χ2n) is 4.90. The molecule has 1 aromatic carbocycles. The van der Waals surface area contributed by atoms with Gasteiger partial charge in [0.1, 0.15) is 18.1 Å². The molecule has 0 amide bonds. The summed E-state index contributed by atoms with van der Waals surface area (Å²) in [6.07, 6.45) is 1.53. The summed E-state index contributed by atoms with van der Waals surface area (Å²) in [4.78, 5) is 12.3. The normalized spacial score (nSPS) is 12.4. The van der Waals surface area contributed by atoms with Crippen molar-refractivity contribution in [3.05, 3.63) is 47.8 Å². The Kier molecular flexibility index (Phi) is 4.67. The van der Waals surface area contributed by atoms with Gasteiger partial charge < -0.3 is 9.30 Å². The number of esters is 1. The van der Waals surface area contributed by atoms with Gasteiger partial charge in [-0.05, 0) is 26.8 Å². The molecule has 0 aliphatic rings. The van der Waals surface area contributed by atoms with Gasteiger partial charge >= 0.3 is 5.97 Å². The molecule has 112 valence electrons. The second kappa shape index (κ2) is 6.47. The lowest BCUT2D eigenvalue weighted by atomic mass is 9.97.